The second-order valence-electron chi connectivity index (χ2n) is 8.66. The Morgan fingerprint density at radius 1 is 1.03 bits per heavy atom. The van der Waals surface area contributed by atoms with Gasteiger partial charge in [-0.05, 0) is 54.7 Å². The molecule has 0 aliphatic heterocycles. The molecule has 3 nitrogen and oxygen atoms in total. The van der Waals surface area contributed by atoms with Crippen LogP contribution in [0.2, 0.25) is 0 Å². The molecule has 1 N–H and O–H groups in total. The van der Waals surface area contributed by atoms with Crippen LogP contribution in [0.4, 0.5) is 4.39 Å². The molecule has 1 unspecified atom stereocenters. The summed E-state index contributed by atoms with van der Waals surface area (Å²) in [6.07, 6.45) is 11.3. The quantitative estimate of drug-likeness (QED) is 0.472. The third-order valence-electron chi connectivity index (χ3n) is 5.91. The predicted octanol–water partition coefficient (Wildman–Crippen LogP) is 6.49. The van der Waals surface area contributed by atoms with Crippen molar-refractivity contribution < 1.29 is 9.18 Å². The van der Waals surface area contributed by atoms with Crippen molar-refractivity contribution in [3.8, 4) is 0 Å². The van der Waals surface area contributed by atoms with Crippen LogP contribution in [0.15, 0.2) is 102 Å². The average molecular weight is 445 g/mol. The fourth-order valence-corrected chi connectivity index (χ4v) is 4.10. The largest absolute Gasteiger partial charge is 0.371 e. The highest BCUT2D eigenvalue weighted by Crippen LogP contribution is 2.30. The standard InChI is InChI=1S/C29H33FN2O/c1-21(2)28(32(4)22(3)24-16-18-25(30)19-17-24)27(20-23-12-8-7-9-13-23)29(33)31-26-14-10-5-6-11-15-26/h5,7-19,21-22H,6,20H2,1-4H3,(H,31,33)/b28-27+. The van der Waals surface area contributed by atoms with Crippen LogP contribution < -0.4 is 5.32 Å². The third-order valence-corrected chi connectivity index (χ3v) is 5.91. The highest BCUT2D eigenvalue weighted by atomic mass is 19.1. The molecule has 0 bridgehead atoms. The SMILES string of the molecule is CC(C)/C(=C(/Cc1ccccc1)C(=O)NC1=CC=CCC=C1)N(C)C(C)c1ccc(F)cc1. The Hall–Kier alpha value is -3.40. The van der Waals surface area contributed by atoms with Crippen molar-refractivity contribution in [3.05, 3.63) is 119 Å². The van der Waals surface area contributed by atoms with Crippen molar-refractivity contribution in [3.63, 3.8) is 0 Å². The van der Waals surface area contributed by atoms with E-state index < -0.39 is 0 Å². The van der Waals surface area contributed by atoms with Crippen molar-refractivity contribution >= 4 is 5.91 Å². The van der Waals surface area contributed by atoms with Crippen LogP contribution in [0.1, 0.15) is 44.4 Å². The minimum Gasteiger partial charge on any atom is -0.371 e. The van der Waals surface area contributed by atoms with Crippen LogP contribution in [0.5, 0.6) is 0 Å². The van der Waals surface area contributed by atoms with E-state index in [4.69, 9.17) is 0 Å². The number of carbonyl (C=O) groups is 1. The lowest BCUT2D eigenvalue weighted by Gasteiger charge is -2.34. The average Bonchev–Trinajstić information content (AvgIpc) is 3.07. The Kier molecular flexibility index (Phi) is 8.42. The zero-order chi connectivity index (χ0) is 23.8. The lowest BCUT2D eigenvalue weighted by Crippen LogP contribution is -2.32. The van der Waals surface area contributed by atoms with E-state index in [2.05, 4.69) is 31.0 Å². The molecule has 0 saturated carbocycles. The molecule has 1 aliphatic carbocycles. The molecule has 1 amide bonds. The molecule has 2 aromatic rings. The van der Waals surface area contributed by atoms with Gasteiger partial charge in [-0.3, -0.25) is 4.79 Å². The zero-order valence-electron chi connectivity index (χ0n) is 19.9. The summed E-state index contributed by atoms with van der Waals surface area (Å²) in [6.45, 7) is 6.29. The molecular weight excluding hydrogens is 411 g/mol. The van der Waals surface area contributed by atoms with Gasteiger partial charge in [-0.15, -0.1) is 0 Å². The number of nitrogens with one attached hydrogen (secondary N) is 1. The summed E-state index contributed by atoms with van der Waals surface area (Å²) < 4.78 is 13.5. The minimum absolute atomic E-state index is 0.0264. The normalized spacial score (nSPS) is 14.9. The Morgan fingerprint density at radius 3 is 2.39 bits per heavy atom. The summed E-state index contributed by atoms with van der Waals surface area (Å²) in [6, 6.07) is 16.6. The first-order chi connectivity index (χ1) is 15.9. The van der Waals surface area contributed by atoms with E-state index >= 15 is 0 Å². The lowest BCUT2D eigenvalue weighted by molar-refractivity contribution is -0.117. The molecule has 3 rings (SSSR count). The Morgan fingerprint density at radius 2 is 1.73 bits per heavy atom. The highest BCUT2D eigenvalue weighted by Gasteiger charge is 2.25. The van der Waals surface area contributed by atoms with Gasteiger partial charge in [0.15, 0.2) is 0 Å². The second kappa shape index (κ2) is 11.5. The third kappa shape index (κ3) is 6.55. The number of carbonyl (C=O) groups excluding carboxylic acids is 1. The second-order valence-corrected chi connectivity index (χ2v) is 8.66. The summed E-state index contributed by atoms with van der Waals surface area (Å²) in [5.41, 5.74) is 4.55. The lowest BCUT2D eigenvalue weighted by atomic mass is 9.94. The van der Waals surface area contributed by atoms with Crippen LogP contribution >= 0.6 is 0 Å². The number of halogens is 1. The first-order valence-corrected chi connectivity index (χ1v) is 11.5. The fourth-order valence-electron chi connectivity index (χ4n) is 4.10. The topological polar surface area (TPSA) is 32.3 Å². The van der Waals surface area contributed by atoms with Gasteiger partial charge in [0.1, 0.15) is 5.82 Å². The monoisotopic (exact) mass is 444 g/mol. The molecule has 33 heavy (non-hydrogen) atoms. The van der Waals surface area contributed by atoms with Crippen molar-refractivity contribution in [2.75, 3.05) is 7.05 Å². The van der Waals surface area contributed by atoms with Crippen LogP contribution in [0, 0.1) is 11.7 Å². The van der Waals surface area contributed by atoms with Crippen LogP contribution in [0.25, 0.3) is 0 Å². The van der Waals surface area contributed by atoms with Gasteiger partial charge in [-0.25, -0.2) is 4.39 Å². The van der Waals surface area contributed by atoms with Crippen molar-refractivity contribution in [2.45, 2.75) is 39.7 Å². The highest BCUT2D eigenvalue weighted by molar-refractivity contribution is 5.96. The Labute approximate surface area is 197 Å². The molecule has 1 aliphatic rings. The number of benzene rings is 2. The maximum absolute atomic E-state index is 13.6. The molecule has 172 valence electrons. The number of rotatable bonds is 8. The number of hydrogen-bond acceptors (Lipinski definition) is 2. The van der Waals surface area contributed by atoms with E-state index in [1.54, 1.807) is 12.1 Å². The van der Waals surface area contributed by atoms with Gasteiger partial charge in [0.2, 0.25) is 0 Å². The number of allylic oxidation sites excluding steroid dienone is 6. The first kappa shape index (κ1) is 24.2. The van der Waals surface area contributed by atoms with Gasteiger partial charge < -0.3 is 10.2 Å². The van der Waals surface area contributed by atoms with Crippen molar-refractivity contribution in [2.24, 2.45) is 5.92 Å². The van der Waals surface area contributed by atoms with E-state index in [-0.39, 0.29) is 23.7 Å². The number of hydrogen-bond donors (Lipinski definition) is 1. The molecular formula is C29H33FN2O. The molecule has 0 heterocycles. The molecule has 0 radical (unpaired) electrons. The van der Waals surface area contributed by atoms with E-state index in [1.165, 1.54) is 12.1 Å². The van der Waals surface area contributed by atoms with Crippen LogP contribution in [0.3, 0.4) is 0 Å². The van der Waals surface area contributed by atoms with Gasteiger partial charge in [0.25, 0.3) is 5.91 Å². The van der Waals surface area contributed by atoms with E-state index in [0.717, 1.165) is 34.5 Å². The molecule has 4 heteroatoms. The number of amides is 1. The Bertz CT molecular complexity index is 1060. The zero-order valence-corrected chi connectivity index (χ0v) is 19.9. The summed E-state index contributed by atoms with van der Waals surface area (Å²) in [5.74, 6) is -0.246. The van der Waals surface area contributed by atoms with Gasteiger partial charge in [-0.2, -0.15) is 0 Å². The smallest absolute Gasteiger partial charge is 0.253 e. The van der Waals surface area contributed by atoms with E-state index in [0.29, 0.717) is 6.42 Å². The van der Waals surface area contributed by atoms with E-state index in [9.17, 15) is 9.18 Å². The first-order valence-electron chi connectivity index (χ1n) is 11.5. The summed E-state index contributed by atoms with van der Waals surface area (Å²) in [7, 11) is 2.01. The molecule has 0 fully saturated rings. The molecule has 0 saturated heterocycles. The number of nitrogens with zero attached hydrogens (tertiary/aromatic N) is 1. The minimum atomic E-state index is -0.254. The fraction of sp³-hybridized carbons (Fsp3) is 0.276. The van der Waals surface area contributed by atoms with Gasteiger partial charge in [-0.1, -0.05) is 74.5 Å². The van der Waals surface area contributed by atoms with Gasteiger partial charge in [0.05, 0.1) is 6.04 Å². The maximum atomic E-state index is 13.6. The van der Waals surface area contributed by atoms with Gasteiger partial charge >= 0.3 is 0 Å². The van der Waals surface area contributed by atoms with Gasteiger partial charge in [0, 0.05) is 30.4 Å². The molecule has 1 atom stereocenters. The molecule has 0 spiro atoms. The summed E-state index contributed by atoms with van der Waals surface area (Å²) in [4.78, 5) is 15.8. The molecule has 2 aromatic carbocycles. The van der Waals surface area contributed by atoms with Crippen LogP contribution in [-0.4, -0.2) is 17.9 Å². The maximum Gasteiger partial charge on any atom is 0.253 e. The van der Waals surface area contributed by atoms with Crippen LogP contribution in [-0.2, 0) is 11.2 Å². The molecule has 0 aromatic heterocycles. The Balaban J connectivity index is 2.02. The summed E-state index contributed by atoms with van der Waals surface area (Å²) in [5, 5.41) is 3.11. The van der Waals surface area contributed by atoms with Crippen molar-refractivity contribution in [1.29, 1.82) is 0 Å². The van der Waals surface area contributed by atoms with Crippen molar-refractivity contribution in [1.82, 2.24) is 10.2 Å². The predicted molar refractivity (Wildman–Crippen MR) is 134 cm³/mol. The van der Waals surface area contributed by atoms with E-state index in [1.807, 2.05) is 67.8 Å². The summed E-state index contributed by atoms with van der Waals surface area (Å²) >= 11 is 0.